The number of oxazole rings is 1. The molecule has 0 spiro atoms. The minimum absolute atomic E-state index is 0.0949. The Morgan fingerprint density at radius 2 is 1.88 bits per heavy atom. The highest BCUT2D eigenvalue weighted by Crippen LogP contribution is 2.27. The van der Waals surface area contributed by atoms with Gasteiger partial charge in [-0.2, -0.15) is 0 Å². The quantitative estimate of drug-likeness (QED) is 0.574. The molecule has 3 rings (SSSR count). The predicted molar refractivity (Wildman–Crippen MR) is 95.3 cm³/mol. The first-order chi connectivity index (χ1) is 11.5. The fourth-order valence-electron chi connectivity index (χ4n) is 2.31. The number of hydrogen-bond donors (Lipinski definition) is 1. The Morgan fingerprint density at radius 1 is 1.12 bits per heavy atom. The number of nitrogens with one attached hydrogen (secondary N) is 1. The van der Waals surface area contributed by atoms with E-state index in [0.717, 1.165) is 28.3 Å². The Bertz CT molecular complexity index is 944. The molecule has 2 aromatic heterocycles. The maximum atomic E-state index is 11.8. The smallest absolute Gasteiger partial charge is 0.254 e. The Balaban J connectivity index is 1.82. The first-order valence-electron chi connectivity index (χ1n) is 7.68. The van der Waals surface area contributed by atoms with Crippen LogP contribution in [0.15, 0.2) is 38.6 Å². The third kappa shape index (κ3) is 3.28. The van der Waals surface area contributed by atoms with Crippen LogP contribution in [-0.2, 0) is 5.75 Å². The van der Waals surface area contributed by atoms with Crippen molar-refractivity contribution in [2.24, 2.45) is 0 Å². The summed E-state index contributed by atoms with van der Waals surface area (Å²) in [7, 11) is 0. The third-order valence-corrected chi connectivity index (χ3v) is 4.87. The van der Waals surface area contributed by atoms with Crippen LogP contribution in [0.1, 0.15) is 28.3 Å². The molecule has 0 bridgehead atoms. The van der Waals surface area contributed by atoms with E-state index in [0.29, 0.717) is 22.4 Å². The van der Waals surface area contributed by atoms with Crippen LogP contribution in [0.2, 0.25) is 0 Å². The van der Waals surface area contributed by atoms with E-state index in [2.05, 4.69) is 15.0 Å². The van der Waals surface area contributed by atoms with Crippen LogP contribution >= 0.6 is 11.8 Å². The van der Waals surface area contributed by atoms with Crippen molar-refractivity contribution in [2.45, 2.75) is 38.6 Å². The van der Waals surface area contributed by atoms with Crippen molar-refractivity contribution in [1.29, 1.82) is 0 Å². The van der Waals surface area contributed by atoms with Crippen molar-refractivity contribution in [3.05, 3.63) is 62.9 Å². The van der Waals surface area contributed by atoms with Crippen molar-refractivity contribution in [2.75, 3.05) is 0 Å². The van der Waals surface area contributed by atoms with Crippen LogP contribution in [0.5, 0.6) is 0 Å². The predicted octanol–water partition coefficient (Wildman–Crippen LogP) is 3.95. The molecule has 0 aliphatic carbocycles. The van der Waals surface area contributed by atoms with Gasteiger partial charge in [0.05, 0.1) is 5.69 Å². The van der Waals surface area contributed by atoms with Crippen molar-refractivity contribution in [3.63, 3.8) is 0 Å². The van der Waals surface area contributed by atoms with E-state index in [1.54, 1.807) is 6.92 Å². The molecule has 0 atom stereocenters. The summed E-state index contributed by atoms with van der Waals surface area (Å²) in [6.07, 6.45) is 0. The molecule has 5 nitrogen and oxygen atoms in total. The Labute approximate surface area is 144 Å². The number of H-pyrrole nitrogens is 1. The highest BCUT2D eigenvalue weighted by molar-refractivity contribution is 7.98. The number of rotatable bonds is 4. The average Bonchev–Trinajstić information content (AvgIpc) is 2.91. The van der Waals surface area contributed by atoms with Gasteiger partial charge in [0.15, 0.2) is 5.16 Å². The van der Waals surface area contributed by atoms with Crippen molar-refractivity contribution < 1.29 is 4.42 Å². The molecule has 0 radical (unpaired) electrons. The molecule has 0 fully saturated rings. The highest BCUT2D eigenvalue weighted by atomic mass is 32.2. The van der Waals surface area contributed by atoms with Crippen LogP contribution in [0.4, 0.5) is 0 Å². The van der Waals surface area contributed by atoms with Crippen LogP contribution in [0.25, 0.3) is 11.5 Å². The zero-order chi connectivity index (χ0) is 17.3. The van der Waals surface area contributed by atoms with Crippen molar-refractivity contribution >= 4 is 11.8 Å². The zero-order valence-corrected chi connectivity index (χ0v) is 15.0. The molecular formula is C18H19N3O2S. The van der Waals surface area contributed by atoms with E-state index < -0.39 is 0 Å². The van der Waals surface area contributed by atoms with E-state index in [4.69, 9.17) is 4.42 Å². The number of aromatic amines is 1. The molecule has 1 N–H and O–H groups in total. The molecule has 6 heteroatoms. The lowest BCUT2D eigenvalue weighted by Crippen LogP contribution is -2.14. The van der Waals surface area contributed by atoms with Gasteiger partial charge in [-0.05, 0) is 39.3 Å². The molecule has 0 amide bonds. The van der Waals surface area contributed by atoms with E-state index in [1.165, 1.54) is 11.8 Å². The minimum atomic E-state index is -0.0949. The third-order valence-electron chi connectivity index (χ3n) is 3.99. The largest absolute Gasteiger partial charge is 0.441 e. The lowest BCUT2D eigenvalue weighted by Gasteiger charge is -2.02. The van der Waals surface area contributed by atoms with E-state index in [1.807, 2.05) is 45.0 Å². The molecule has 0 unspecified atom stereocenters. The van der Waals surface area contributed by atoms with E-state index in [-0.39, 0.29) is 5.56 Å². The van der Waals surface area contributed by atoms with E-state index >= 15 is 0 Å². The number of aromatic nitrogens is 3. The van der Waals surface area contributed by atoms with Gasteiger partial charge in [-0.15, -0.1) is 0 Å². The van der Waals surface area contributed by atoms with Gasteiger partial charge >= 0.3 is 0 Å². The normalized spacial score (nSPS) is 11.0. The van der Waals surface area contributed by atoms with Crippen LogP contribution in [-0.4, -0.2) is 15.0 Å². The van der Waals surface area contributed by atoms with Gasteiger partial charge in [0, 0.05) is 22.6 Å². The fourth-order valence-corrected chi connectivity index (χ4v) is 3.22. The van der Waals surface area contributed by atoms with Crippen molar-refractivity contribution in [1.82, 2.24) is 15.0 Å². The maximum absolute atomic E-state index is 11.8. The number of aryl methyl sites for hydroxylation is 3. The van der Waals surface area contributed by atoms with Gasteiger partial charge < -0.3 is 9.40 Å². The van der Waals surface area contributed by atoms with Crippen LogP contribution < -0.4 is 5.56 Å². The summed E-state index contributed by atoms with van der Waals surface area (Å²) in [4.78, 5) is 23.6. The summed E-state index contributed by atoms with van der Waals surface area (Å²) in [6, 6.07) is 8.00. The molecule has 2 heterocycles. The SMILES string of the molecule is Cc1ccccc1-c1nc(CSc2nc(C)c(C)c(=O)[nH]2)c(C)o1. The average molecular weight is 341 g/mol. The summed E-state index contributed by atoms with van der Waals surface area (Å²) in [5, 5.41) is 0.600. The molecule has 0 saturated heterocycles. The Kier molecular flexibility index (Phi) is 4.57. The van der Waals surface area contributed by atoms with Gasteiger partial charge in [-0.25, -0.2) is 9.97 Å². The van der Waals surface area contributed by atoms with Crippen LogP contribution in [0, 0.1) is 27.7 Å². The maximum Gasteiger partial charge on any atom is 0.254 e. The topological polar surface area (TPSA) is 71.8 Å². The van der Waals surface area contributed by atoms with Gasteiger partial charge in [0.2, 0.25) is 5.89 Å². The zero-order valence-electron chi connectivity index (χ0n) is 14.1. The fraction of sp³-hybridized carbons (Fsp3) is 0.278. The van der Waals surface area contributed by atoms with Gasteiger partial charge in [0.1, 0.15) is 5.76 Å². The molecule has 0 saturated carbocycles. The second-order valence-corrected chi connectivity index (χ2v) is 6.67. The van der Waals surface area contributed by atoms with Gasteiger partial charge in [-0.1, -0.05) is 30.0 Å². The van der Waals surface area contributed by atoms with Gasteiger partial charge in [-0.3, -0.25) is 4.79 Å². The Morgan fingerprint density at radius 3 is 2.58 bits per heavy atom. The lowest BCUT2D eigenvalue weighted by atomic mass is 10.1. The first-order valence-corrected chi connectivity index (χ1v) is 8.67. The second-order valence-electron chi connectivity index (χ2n) is 5.71. The number of thioether (sulfide) groups is 1. The first kappa shape index (κ1) is 16.5. The molecular weight excluding hydrogens is 322 g/mol. The number of nitrogens with zero attached hydrogens (tertiary/aromatic N) is 2. The molecule has 3 aromatic rings. The summed E-state index contributed by atoms with van der Waals surface area (Å²) in [5.74, 6) is 2.00. The summed E-state index contributed by atoms with van der Waals surface area (Å²) in [6.45, 7) is 7.55. The number of benzene rings is 1. The standard InChI is InChI=1S/C18H19N3O2S/c1-10-7-5-6-8-14(10)17-20-15(13(4)23-17)9-24-18-19-12(3)11(2)16(22)21-18/h5-8H,9H2,1-4H3,(H,19,21,22). The summed E-state index contributed by atoms with van der Waals surface area (Å²) < 4.78 is 5.82. The Hall–Kier alpha value is -2.34. The molecule has 0 aliphatic heterocycles. The lowest BCUT2D eigenvalue weighted by molar-refractivity contribution is 0.540. The summed E-state index contributed by atoms with van der Waals surface area (Å²) in [5.41, 5.74) is 4.28. The molecule has 0 aliphatic rings. The minimum Gasteiger partial charge on any atom is -0.441 e. The van der Waals surface area contributed by atoms with Crippen molar-refractivity contribution in [3.8, 4) is 11.5 Å². The molecule has 1 aromatic carbocycles. The molecule has 24 heavy (non-hydrogen) atoms. The van der Waals surface area contributed by atoms with E-state index in [9.17, 15) is 4.79 Å². The monoisotopic (exact) mass is 341 g/mol. The molecule has 124 valence electrons. The number of hydrogen-bond acceptors (Lipinski definition) is 5. The second kappa shape index (κ2) is 6.65. The van der Waals surface area contributed by atoms with Gasteiger partial charge in [0.25, 0.3) is 5.56 Å². The highest BCUT2D eigenvalue weighted by Gasteiger charge is 2.14. The summed E-state index contributed by atoms with van der Waals surface area (Å²) >= 11 is 1.45. The van der Waals surface area contributed by atoms with Crippen LogP contribution in [0.3, 0.4) is 0 Å².